The van der Waals surface area contributed by atoms with Gasteiger partial charge in [0, 0.05) is 19.0 Å². The molecule has 1 heterocycles. The Bertz CT molecular complexity index is 432. The van der Waals surface area contributed by atoms with Crippen LogP contribution in [0.25, 0.3) is 0 Å². The lowest BCUT2D eigenvalue weighted by Crippen LogP contribution is -2.35. The van der Waals surface area contributed by atoms with E-state index in [1.807, 2.05) is 0 Å². The highest BCUT2D eigenvalue weighted by Crippen LogP contribution is 2.39. The number of benzene rings is 1. The summed E-state index contributed by atoms with van der Waals surface area (Å²) in [5.74, 6) is 0.621. The van der Waals surface area contributed by atoms with Gasteiger partial charge in [0.1, 0.15) is 0 Å². The molecule has 1 aromatic carbocycles. The van der Waals surface area contributed by atoms with Gasteiger partial charge >= 0.3 is 0 Å². The van der Waals surface area contributed by atoms with Crippen LogP contribution in [0, 0.1) is 5.41 Å². The molecule has 1 nitrogen and oxygen atoms in total. The summed E-state index contributed by atoms with van der Waals surface area (Å²) < 4.78 is 0. The summed E-state index contributed by atoms with van der Waals surface area (Å²) in [7, 11) is 0. The molecule has 0 radical (unpaired) electrons. The standard InChI is InChI=1S/C17H27N/c1-16(2,3)13-7-8-14-12(9-13)10-18-11-15(14)17(4,5)6/h7-9,15,18H,10-11H2,1-6H3. The average molecular weight is 245 g/mol. The third-order valence-corrected chi connectivity index (χ3v) is 4.09. The van der Waals surface area contributed by atoms with Gasteiger partial charge in [0.15, 0.2) is 0 Å². The minimum Gasteiger partial charge on any atom is -0.312 e. The highest BCUT2D eigenvalue weighted by atomic mass is 14.9. The number of hydrogen-bond donors (Lipinski definition) is 1. The smallest absolute Gasteiger partial charge is 0.0208 e. The van der Waals surface area contributed by atoms with E-state index in [0.717, 1.165) is 13.1 Å². The van der Waals surface area contributed by atoms with Crippen molar-refractivity contribution < 1.29 is 0 Å². The Hall–Kier alpha value is -0.820. The third-order valence-electron chi connectivity index (χ3n) is 4.09. The molecule has 0 aliphatic carbocycles. The number of rotatable bonds is 0. The summed E-state index contributed by atoms with van der Waals surface area (Å²) in [4.78, 5) is 0. The van der Waals surface area contributed by atoms with Crippen LogP contribution in [-0.4, -0.2) is 6.54 Å². The van der Waals surface area contributed by atoms with Crippen LogP contribution in [0.4, 0.5) is 0 Å². The van der Waals surface area contributed by atoms with Crippen molar-refractivity contribution in [3.63, 3.8) is 0 Å². The molecule has 0 bridgehead atoms. The maximum Gasteiger partial charge on any atom is 0.0208 e. The van der Waals surface area contributed by atoms with E-state index < -0.39 is 0 Å². The van der Waals surface area contributed by atoms with E-state index in [9.17, 15) is 0 Å². The SMILES string of the molecule is CC(C)(C)c1ccc2c(c1)CNCC2C(C)(C)C. The molecular formula is C17H27N. The van der Waals surface area contributed by atoms with Crippen molar-refractivity contribution >= 4 is 0 Å². The fourth-order valence-electron chi connectivity index (χ4n) is 2.80. The molecule has 2 rings (SSSR count). The van der Waals surface area contributed by atoms with Gasteiger partial charge in [-0.3, -0.25) is 0 Å². The summed E-state index contributed by atoms with van der Waals surface area (Å²) in [6, 6.07) is 7.09. The quantitative estimate of drug-likeness (QED) is 0.721. The Balaban J connectivity index is 2.43. The number of hydrogen-bond acceptors (Lipinski definition) is 1. The summed E-state index contributed by atoms with van der Waals surface area (Å²) in [6.45, 7) is 16.0. The molecule has 0 saturated carbocycles. The van der Waals surface area contributed by atoms with Crippen molar-refractivity contribution in [1.29, 1.82) is 0 Å². The van der Waals surface area contributed by atoms with Crippen LogP contribution in [0.1, 0.15) is 64.2 Å². The second-order valence-corrected chi connectivity index (χ2v) is 7.71. The number of fused-ring (bicyclic) bond motifs is 1. The lowest BCUT2D eigenvalue weighted by atomic mass is 9.72. The average Bonchev–Trinajstić information content (AvgIpc) is 2.25. The van der Waals surface area contributed by atoms with Gasteiger partial charge in [-0.05, 0) is 27.5 Å². The molecule has 1 aliphatic heterocycles. The minimum atomic E-state index is 0.240. The second-order valence-electron chi connectivity index (χ2n) is 7.71. The van der Waals surface area contributed by atoms with Crippen molar-refractivity contribution in [3.8, 4) is 0 Å². The Morgan fingerprint density at radius 1 is 1.06 bits per heavy atom. The molecular weight excluding hydrogens is 218 g/mol. The molecule has 1 N–H and O–H groups in total. The van der Waals surface area contributed by atoms with Gasteiger partial charge < -0.3 is 5.32 Å². The third kappa shape index (κ3) is 2.61. The first-order chi connectivity index (χ1) is 8.19. The molecule has 0 fully saturated rings. The Labute approximate surface area is 112 Å². The molecule has 0 aromatic heterocycles. The van der Waals surface area contributed by atoms with E-state index in [2.05, 4.69) is 65.1 Å². The highest BCUT2D eigenvalue weighted by Gasteiger charge is 2.30. The zero-order chi connectivity index (χ0) is 13.6. The van der Waals surface area contributed by atoms with Crippen LogP contribution in [0.2, 0.25) is 0 Å². The van der Waals surface area contributed by atoms with Gasteiger partial charge in [-0.1, -0.05) is 59.7 Å². The number of nitrogens with one attached hydrogen (secondary N) is 1. The zero-order valence-corrected chi connectivity index (χ0v) is 12.7. The predicted molar refractivity (Wildman–Crippen MR) is 79.0 cm³/mol. The second kappa shape index (κ2) is 4.38. The van der Waals surface area contributed by atoms with E-state index in [4.69, 9.17) is 0 Å². The van der Waals surface area contributed by atoms with Crippen LogP contribution in [-0.2, 0) is 12.0 Å². The maximum atomic E-state index is 3.58. The van der Waals surface area contributed by atoms with Crippen molar-refractivity contribution in [1.82, 2.24) is 5.32 Å². The van der Waals surface area contributed by atoms with Crippen molar-refractivity contribution in [2.75, 3.05) is 6.54 Å². The van der Waals surface area contributed by atoms with E-state index in [-0.39, 0.29) is 5.41 Å². The van der Waals surface area contributed by atoms with Crippen LogP contribution >= 0.6 is 0 Å². The summed E-state index contributed by atoms with van der Waals surface area (Å²) in [5, 5.41) is 3.58. The van der Waals surface area contributed by atoms with Gasteiger partial charge in [-0.15, -0.1) is 0 Å². The first-order valence-corrected chi connectivity index (χ1v) is 7.03. The summed E-state index contributed by atoms with van der Waals surface area (Å²) in [6.07, 6.45) is 0. The fraction of sp³-hybridized carbons (Fsp3) is 0.647. The molecule has 1 aromatic rings. The lowest BCUT2D eigenvalue weighted by molar-refractivity contribution is 0.296. The van der Waals surface area contributed by atoms with Gasteiger partial charge in [0.2, 0.25) is 0 Å². The molecule has 1 aliphatic rings. The Kier molecular flexibility index (Phi) is 3.31. The molecule has 0 amide bonds. The largest absolute Gasteiger partial charge is 0.312 e. The van der Waals surface area contributed by atoms with Gasteiger partial charge in [-0.2, -0.15) is 0 Å². The molecule has 18 heavy (non-hydrogen) atoms. The van der Waals surface area contributed by atoms with Crippen LogP contribution in [0.5, 0.6) is 0 Å². The molecule has 1 atom stereocenters. The predicted octanol–water partition coefficient (Wildman–Crippen LogP) is 4.22. The molecule has 0 saturated heterocycles. The highest BCUT2D eigenvalue weighted by molar-refractivity contribution is 5.39. The van der Waals surface area contributed by atoms with E-state index in [1.54, 1.807) is 5.56 Å². The van der Waals surface area contributed by atoms with Crippen LogP contribution in [0.15, 0.2) is 18.2 Å². The van der Waals surface area contributed by atoms with Crippen LogP contribution in [0.3, 0.4) is 0 Å². The Morgan fingerprint density at radius 2 is 1.72 bits per heavy atom. The van der Waals surface area contributed by atoms with E-state index >= 15 is 0 Å². The van der Waals surface area contributed by atoms with Crippen molar-refractivity contribution in [3.05, 3.63) is 34.9 Å². The van der Waals surface area contributed by atoms with Crippen molar-refractivity contribution in [2.45, 2.75) is 59.4 Å². The molecule has 1 heteroatoms. The van der Waals surface area contributed by atoms with E-state index in [0.29, 0.717) is 11.3 Å². The molecule has 0 spiro atoms. The molecule has 100 valence electrons. The zero-order valence-electron chi connectivity index (χ0n) is 12.7. The summed E-state index contributed by atoms with van der Waals surface area (Å²) in [5.41, 5.74) is 5.05. The lowest BCUT2D eigenvalue weighted by Gasteiger charge is -2.37. The van der Waals surface area contributed by atoms with Gasteiger partial charge in [-0.25, -0.2) is 0 Å². The molecule has 1 unspecified atom stereocenters. The fourth-order valence-corrected chi connectivity index (χ4v) is 2.80. The van der Waals surface area contributed by atoms with Crippen LogP contribution < -0.4 is 5.32 Å². The topological polar surface area (TPSA) is 12.0 Å². The first-order valence-electron chi connectivity index (χ1n) is 7.03. The van der Waals surface area contributed by atoms with Crippen molar-refractivity contribution in [2.24, 2.45) is 5.41 Å². The van der Waals surface area contributed by atoms with E-state index in [1.165, 1.54) is 11.1 Å². The monoisotopic (exact) mass is 245 g/mol. The maximum absolute atomic E-state index is 3.58. The first kappa shape index (κ1) is 13.6. The van der Waals surface area contributed by atoms with Gasteiger partial charge in [0.05, 0.1) is 0 Å². The minimum absolute atomic E-state index is 0.240. The Morgan fingerprint density at radius 3 is 2.28 bits per heavy atom. The summed E-state index contributed by atoms with van der Waals surface area (Å²) >= 11 is 0. The van der Waals surface area contributed by atoms with Gasteiger partial charge in [0.25, 0.3) is 0 Å². The normalized spacial score (nSPS) is 20.7.